The molecule has 0 N–H and O–H groups in total. The molecular weight excluding hydrogens is 377 g/mol. The summed E-state index contributed by atoms with van der Waals surface area (Å²) in [7, 11) is 2.84. The van der Waals surface area contributed by atoms with E-state index in [1.807, 2.05) is 24.3 Å². The fourth-order valence-corrected chi connectivity index (χ4v) is 3.08. The lowest BCUT2D eigenvalue weighted by atomic mass is 10.0. The SMILES string of the molecule is COCc1nc2ccccc2c(C)c1C(=O)OCC(=O)c1ccc(OC)c(F)c1. The number of esters is 1. The van der Waals surface area contributed by atoms with E-state index in [1.165, 1.54) is 26.4 Å². The maximum atomic E-state index is 13.8. The van der Waals surface area contributed by atoms with Crippen LogP contribution in [0.4, 0.5) is 4.39 Å². The van der Waals surface area contributed by atoms with Gasteiger partial charge in [-0.25, -0.2) is 14.2 Å². The summed E-state index contributed by atoms with van der Waals surface area (Å²) < 4.78 is 29.0. The summed E-state index contributed by atoms with van der Waals surface area (Å²) in [6, 6.07) is 11.2. The highest BCUT2D eigenvalue weighted by Gasteiger charge is 2.21. The van der Waals surface area contributed by atoms with Gasteiger partial charge in [0.25, 0.3) is 0 Å². The number of aromatic nitrogens is 1. The van der Waals surface area contributed by atoms with Gasteiger partial charge in [-0.3, -0.25) is 4.79 Å². The van der Waals surface area contributed by atoms with Crippen LogP contribution in [0.2, 0.25) is 0 Å². The minimum atomic E-state index is -0.685. The molecule has 1 heterocycles. The van der Waals surface area contributed by atoms with Gasteiger partial charge in [0.2, 0.25) is 0 Å². The van der Waals surface area contributed by atoms with Gasteiger partial charge in [-0.1, -0.05) is 18.2 Å². The van der Waals surface area contributed by atoms with E-state index in [0.717, 1.165) is 17.0 Å². The maximum absolute atomic E-state index is 13.8. The van der Waals surface area contributed by atoms with Crippen LogP contribution in [0.1, 0.15) is 32.0 Å². The molecule has 0 saturated carbocycles. The monoisotopic (exact) mass is 397 g/mol. The van der Waals surface area contributed by atoms with Crippen LogP contribution < -0.4 is 4.74 Å². The van der Waals surface area contributed by atoms with Gasteiger partial charge in [0.05, 0.1) is 30.5 Å². The van der Waals surface area contributed by atoms with Crippen molar-refractivity contribution in [2.45, 2.75) is 13.5 Å². The minimum absolute atomic E-state index is 0.0283. The number of pyridine rings is 1. The van der Waals surface area contributed by atoms with Crippen molar-refractivity contribution in [1.82, 2.24) is 4.98 Å². The van der Waals surface area contributed by atoms with Crippen molar-refractivity contribution >= 4 is 22.7 Å². The Kier molecular flexibility index (Phi) is 6.19. The van der Waals surface area contributed by atoms with E-state index in [4.69, 9.17) is 14.2 Å². The van der Waals surface area contributed by atoms with E-state index < -0.39 is 24.2 Å². The number of methoxy groups -OCH3 is 2. The van der Waals surface area contributed by atoms with Gasteiger partial charge in [0.1, 0.15) is 0 Å². The van der Waals surface area contributed by atoms with Crippen LogP contribution in [-0.4, -0.2) is 37.6 Å². The Morgan fingerprint density at radius 2 is 1.86 bits per heavy atom. The topological polar surface area (TPSA) is 74.7 Å². The third-order valence-corrected chi connectivity index (χ3v) is 4.52. The lowest BCUT2D eigenvalue weighted by Gasteiger charge is -2.14. The highest BCUT2D eigenvalue weighted by molar-refractivity contribution is 6.01. The van der Waals surface area contributed by atoms with Crippen molar-refractivity contribution in [3.05, 3.63) is 70.7 Å². The Bertz CT molecular complexity index is 1080. The number of ether oxygens (including phenoxy) is 3. The van der Waals surface area contributed by atoms with Gasteiger partial charge in [-0.05, 0) is 36.8 Å². The number of halogens is 1. The molecular formula is C22H20FNO5. The first-order valence-electron chi connectivity index (χ1n) is 8.87. The number of benzene rings is 2. The molecule has 0 aliphatic rings. The van der Waals surface area contributed by atoms with E-state index in [-0.39, 0.29) is 23.5 Å². The number of rotatable bonds is 7. The number of hydrogen-bond donors (Lipinski definition) is 0. The standard InChI is InChI=1S/C22H20FNO5/c1-13-15-6-4-5-7-17(15)24-18(11-27-2)21(13)22(26)29-12-19(25)14-8-9-20(28-3)16(23)10-14/h4-10H,11-12H2,1-3H3. The number of fused-ring (bicyclic) bond motifs is 1. The zero-order valence-corrected chi connectivity index (χ0v) is 16.3. The van der Waals surface area contributed by atoms with Gasteiger partial charge in [0, 0.05) is 18.1 Å². The first-order chi connectivity index (χ1) is 14.0. The number of carbonyl (C=O) groups excluding carboxylic acids is 2. The van der Waals surface area contributed by atoms with Crippen molar-refractivity contribution in [3.8, 4) is 5.75 Å². The van der Waals surface area contributed by atoms with Crippen molar-refractivity contribution in [1.29, 1.82) is 0 Å². The van der Waals surface area contributed by atoms with Crippen LogP contribution in [0, 0.1) is 12.7 Å². The average Bonchev–Trinajstić information content (AvgIpc) is 2.72. The second-order valence-corrected chi connectivity index (χ2v) is 6.36. The molecule has 0 aliphatic carbocycles. The Morgan fingerprint density at radius 3 is 2.55 bits per heavy atom. The van der Waals surface area contributed by atoms with E-state index in [0.29, 0.717) is 11.3 Å². The molecule has 29 heavy (non-hydrogen) atoms. The number of nitrogens with zero attached hydrogens (tertiary/aromatic N) is 1. The summed E-state index contributed by atoms with van der Waals surface area (Å²) in [5, 5.41) is 0.808. The summed E-state index contributed by atoms with van der Waals surface area (Å²) in [5.41, 5.74) is 2.20. The fourth-order valence-electron chi connectivity index (χ4n) is 3.08. The first-order valence-corrected chi connectivity index (χ1v) is 8.87. The van der Waals surface area contributed by atoms with Crippen LogP contribution in [0.25, 0.3) is 10.9 Å². The summed E-state index contributed by atoms with van der Waals surface area (Å²) in [6.45, 7) is 1.39. The van der Waals surface area contributed by atoms with Gasteiger partial charge in [0.15, 0.2) is 24.0 Å². The third kappa shape index (κ3) is 4.25. The molecule has 0 amide bonds. The van der Waals surface area contributed by atoms with Gasteiger partial charge in [-0.15, -0.1) is 0 Å². The van der Waals surface area contributed by atoms with Gasteiger partial charge < -0.3 is 14.2 Å². The molecule has 3 rings (SSSR count). The Balaban J connectivity index is 1.84. The first kappa shape index (κ1) is 20.4. The maximum Gasteiger partial charge on any atom is 0.340 e. The number of hydrogen-bond acceptors (Lipinski definition) is 6. The largest absolute Gasteiger partial charge is 0.494 e. The van der Waals surface area contributed by atoms with E-state index in [9.17, 15) is 14.0 Å². The van der Waals surface area contributed by atoms with Crippen LogP contribution in [0.3, 0.4) is 0 Å². The predicted molar refractivity (Wildman–Crippen MR) is 105 cm³/mol. The summed E-state index contributed by atoms with van der Waals surface area (Å²) in [6.07, 6.45) is 0. The molecule has 0 aliphatic heterocycles. The molecule has 1 aromatic heterocycles. The number of aryl methyl sites for hydroxylation is 1. The number of para-hydroxylation sites is 1. The average molecular weight is 397 g/mol. The Morgan fingerprint density at radius 1 is 1.10 bits per heavy atom. The molecule has 0 fully saturated rings. The fraction of sp³-hybridized carbons (Fsp3) is 0.227. The Labute approximate surface area is 167 Å². The highest BCUT2D eigenvalue weighted by atomic mass is 19.1. The predicted octanol–water partition coefficient (Wildman–Crippen LogP) is 3.88. The van der Waals surface area contributed by atoms with Crippen molar-refractivity contribution in [3.63, 3.8) is 0 Å². The number of ketones is 1. The minimum Gasteiger partial charge on any atom is -0.494 e. The quantitative estimate of drug-likeness (QED) is 0.445. The van der Waals surface area contributed by atoms with Gasteiger partial charge in [-0.2, -0.15) is 0 Å². The molecule has 0 unspecified atom stereocenters. The number of carbonyl (C=O) groups is 2. The van der Waals surface area contributed by atoms with Crippen LogP contribution in [0.15, 0.2) is 42.5 Å². The molecule has 0 radical (unpaired) electrons. The molecule has 2 aromatic carbocycles. The summed E-state index contributed by atoms with van der Waals surface area (Å²) in [5.74, 6) is -1.85. The van der Waals surface area contributed by atoms with E-state index >= 15 is 0 Å². The van der Waals surface area contributed by atoms with E-state index in [1.54, 1.807) is 6.92 Å². The summed E-state index contributed by atoms with van der Waals surface area (Å²) >= 11 is 0. The van der Waals surface area contributed by atoms with Crippen molar-refractivity contribution in [2.75, 3.05) is 20.8 Å². The lowest BCUT2D eigenvalue weighted by Crippen LogP contribution is -2.18. The Hall–Kier alpha value is -3.32. The molecule has 0 spiro atoms. The zero-order valence-electron chi connectivity index (χ0n) is 16.3. The normalized spacial score (nSPS) is 10.8. The molecule has 0 bridgehead atoms. The molecule has 7 heteroatoms. The lowest BCUT2D eigenvalue weighted by molar-refractivity contribution is 0.0469. The van der Waals surface area contributed by atoms with Crippen LogP contribution in [0.5, 0.6) is 5.75 Å². The highest BCUT2D eigenvalue weighted by Crippen LogP contribution is 2.24. The molecule has 150 valence electrons. The van der Waals surface area contributed by atoms with E-state index in [2.05, 4.69) is 4.98 Å². The van der Waals surface area contributed by atoms with Crippen LogP contribution in [-0.2, 0) is 16.1 Å². The zero-order chi connectivity index (χ0) is 21.0. The molecule has 0 saturated heterocycles. The van der Waals surface area contributed by atoms with Crippen molar-refractivity contribution in [2.24, 2.45) is 0 Å². The summed E-state index contributed by atoms with van der Waals surface area (Å²) in [4.78, 5) is 29.5. The second kappa shape index (κ2) is 8.79. The third-order valence-electron chi connectivity index (χ3n) is 4.52. The molecule has 0 atom stereocenters. The molecule has 3 aromatic rings. The van der Waals surface area contributed by atoms with Crippen molar-refractivity contribution < 1.29 is 28.2 Å². The number of Topliss-reactive ketones (excluding diaryl/α,β-unsaturated/α-hetero) is 1. The smallest absolute Gasteiger partial charge is 0.340 e. The van der Waals surface area contributed by atoms with Crippen LogP contribution >= 0.6 is 0 Å². The van der Waals surface area contributed by atoms with Gasteiger partial charge >= 0.3 is 5.97 Å². The second-order valence-electron chi connectivity index (χ2n) is 6.36. The molecule has 6 nitrogen and oxygen atoms in total.